The van der Waals surface area contributed by atoms with Crippen LogP contribution in [-0.2, 0) is 94.2 Å². The molecule has 4 N–H and O–H groups in total. The van der Waals surface area contributed by atoms with E-state index in [9.17, 15) is 66.3 Å². The molecule has 28 heteroatoms. The van der Waals surface area contributed by atoms with Crippen molar-refractivity contribution in [2.45, 2.75) is 79.4 Å². The number of ether oxygens (including phenoxy) is 5. The smallest absolute Gasteiger partial charge is 0.335 e. The Labute approximate surface area is 436 Å². The van der Waals surface area contributed by atoms with E-state index in [4.69, 9.17) is 28.5 Å². The van der Waals surface area contributed by atoms with Crippen molar-refractivity contribution < 1.29 is 99.4 Å². The molecule has 3 aliphatic rings. The number of carbonyl (C=O) groups excluding carboxylic acids is 3. The summed E-state index contributed by atoms with van der Waals surface area (Å²) in [5.74, 6) is -3.41. The van der Waals surface area contributed by atoms with Gasteiger partial charge in [0.25, 0.3) is 52.3 Å². The van der Waals surface area contributed by atoms with Gasteiger partial charge in [-0.15, -0.1) is 5.06 Å². The number of fused-ring (bicyclic) bond motifs is 2. The first-order valence-corrected chi connectivity index (χ1v) is 29.8. The summed E-state index contributed by atoms with van der Waals surface area (Å²) in [4.78, 5) is 42.2. The summed E-state index contributed by atoms with van der Waals surface area (Å²) in [5, 5.41) is 0.419. The Balaban J connectivity index is 1.48. The van der Waals surface area contributed by atoms with E-state index in [0.717, 1.165) is 0 Å². The zero-order valence-corrected chi connectivity index (χ0v) is 45.0. The van der Waals surface area contributed by atoms with Gasteiger partial charge in [0, 0.05) is 61.0 Å². The van der Waals surface area contributed by atoms with Crippen LogP contribution in [-0.4, -0.2) is 176 Å². The molecule has 2 aromatic carbocycles. The number of nitrogens with zero attached hydrogens (tertiary/aromatic N) is 3. The van der Waals surface area contributed by atoms with E-state index < -0.39 is 90.4 Å². The number of anilines is 1. The van der Waals surface area contributed by atoms with Crippen LogP contribution in [0.3, 0.4) is 0 Å². The molecule has 0 saturated carbocycles. The number of rotatable bonds is 32. The molecule has 1 fully saturated rings. The highest BCUT2D eigenvalue weighted by atomic mass is 32.2. The predicted octanol–water partition coefficient (Wildman–Crippen LogP) is 3.36. The Morgan fingerprint density at radius 2 is 1.20 bits per heavy atom. The van der Waals surface area contributed by atoms with Crippen LogP contribution < -0.4 is 4.90 Å². The zero-order chi connectivity index (χ0) is 55.2. The molecule has 1 saturated heterocycles. The maximum absolute atomic E-state index is 12.4. The maximum Gasteiger partial charge on any atom is 0.335 e. The molecule has 2 atom stereocenters. The fraction of sp³-hybridized carbons (Fsp3) is 0.532. The number of imide groups is 1. The highest BCUT2D eigenvalue weighted by Crippen LogP contribution is 2.51. The Morgan fingerprint density at radius 1 is 0.667 bits per heavy atom. The fourth-order valence-electron chi connectivity index (χ4n) is 9.02. The van der Waals surface area contributed by atoms with Gasteiger partial charge >= 0.3 is 5.97 Å². The molecule has 0 bridgehead atoms. The van der Waals surface area contributed by atoms with E-state index in [1.54, 1.807) is 55.9 Å². The second-order valence-electron chi connectivity index (χ2n) is 18.0. The third-order valence-electron chi connectivity index (χ3n) is 12.6. The second-order valence-corrected chi connectivity index (χ2v) is 24.0. The third kappa shape index (κ3) is 17.1. The SMILES string of the molecule is COCCOCCOCCOCCN1C(=CC=CC=CC2=[N+](CCOCCC(=O)ON3C(=O)CCC3=O)c3ccc(S(=O)(=O)O)cc3C2(C)CCCS(=O)(=O)O)C(C)(CCCS(=O)(=O)O)c2cc(S(=O)(=O)O)ccc21. The summed E-state index contributed by atoms with van der Waals surface area (Å²) in [5.41, 5.74) is 0.586. The first-order chi connectivity index (χ1) is 35.2. The van der Waals surface area contributed by atoms with Crippen LogP contribution in [0.25, 0.3) is 0 Å². The minimum absolute atomic E-state index is 0.0392. The van der Waals surface area contributed by atoms with Gasteiger partial charge in [0.15, 0.2) is 12.3 Å². The molecule has 0 aliphatic carbocycles. The van der Waals surface area contributed by atoms with E-state index in [-0.39, 0.29) is 91.1 Å². The van der Waals surface area contributed by atoms with E-state index in [2.05, 4.69) is 0 Å². The molecule has 75 heavy (non-hydrogen) atoms. The quantitative estimate of drug-likeness (QED) is 0.0268. The molecule has 0 spiro atoms. The van der Waals surface area contributed by atoms with Crippen molar-refractivity contribution in [3.8, 4) is 0 Å². The summed E-state index contributed by atoms with van der Waals surface area (Å²) in [7, 11) is -16.7. The molecule has 416 valence electrons. The highest BCUT2D eigenvalue weighted by Gasteiger charge is 2.48. The highest BCUT2D eigenvalue weighted by molar-refractivity contribution is 7.86. The van der Waals surface area contributed by atoms with Gasteiger partial charge in [-0.05, 0) is 81.5 Å². The second kappa shape index (κ2) is 26.5. The topological polar surface area (TPSA) is 334 Å². The lowest BCUT2D eigenvalue weighted by atomic mass is 9.76. The van der Waals surface area contributed by atoms with E-state index in [1.807, 2.05) is 4.90 Å². The number of methoxy groups -OCH3 is 1. The van der Waals surface area contributed by atoms with Crippen molar-refractivity contribution in [1.29, 1.82) is 0 Å². The third-order valence-corrected chi connectivity index (χ3v) is 16.0. The average Bonchev–Trinajstić information content (AvgIpc) is 3.84. The van der Waals surface area contributed by atoms with Gasteiger partial charge in [-0.3, -0.25) is 27.8 Å². The summed E-state index contributed by atoms with van der Waals surface area (Å²) in [6.07, 6.45) is 7.82. The van der Waals surface area contributed by atoms with Crippen LogP contribution in [0.4, 0.5) is 11.4 Å². The van der Waals surface area contributed by atoms with Crippen LogP contribution in [0, 0.1) is 0 Å². The molecule has 2 unspecified atom stereocenters. The van der Waals surface area contributed by atoms with Crippen molar-refractivity contribution in [3.05, 3.63) is 83.6 Å². The average molecular weight is 1140 g/mol. The first kappa shape index (κ1) is 61.0. The lowest BCUT2D eigenvalue weighted by Crippen LogP contribution is -2.33. The number of allylic oxidation sites excluding steroid dienone is 6. The predicted molar refractivity (Wildman–Crippen MR) is 269 cm³/mol. The molecule has 0 radical (unpaired) electrons. The van der Waals surface area contributed by atoms with Crippen LogP contribution in [0.5, 0.6) is 0 Å². The van der Waals surface area contributed by atoms with Gasteiger partial charge in [0.05, 0.1) is 86.0 Å². The standard InChI is InChI=1S/C47H63N3O21S4/c1-46(18-7-31-72(54,55)56)37-33-35(74(60,61)62)11-13-39(37)48(20-23-67-22-17-45(53)71-50-43(51)15-16-44(50)52)41(46)9-5-4-6-10-42-47(2,19-8-32-73(57,58)59)38-34-36(75(63,64)65)12-14-40(38)49(42)21-24-68-27-28-70-30-29-69-26-25-66-3/h4-6,9-14,33-34H,7-8,15-32H2,1-3H3,(H3-,54,55,56,57,58,59,60,61,62,63,64,65)/p+1. The number of benzene rings is 2. The molecular formula is C47H64N3O21S4+. The van der Waals surface area contributed by atoms with Crippen LogP contribution in [0.15, 0.2) is 82.3 Å². The monoisotopic (exact) mass is 1130 g/mol. The van der Waals surface area contributed by atoms with Gasteiger partial charge in [-0.2, -0.15) is 38.2 Å². The molecule has 3 heterocycles. The Hall–Kier alpha value is -4.82. The maximum atomic E-state index is 12.4. The number of hydrogen-bond donors (Lipinski definition) is 4. The first-order valence-electron chi connectivity index (χ1n) is 23.7. The van der Waals surface area contributed by atoms with Crippen molar-refractivity contribution in [2.24, 2.45) is 0 Å². The number of hydroxylamine groups is 2. The molecule has 2 amide bonds. The summed E-state index contributed by atoms with van der Waals surface area (Å²) < 4.78 is 166. The Bertz CT molecular complexity index is 2980. The largest absolute Gasteiger partial charge is 0.382 e. The minimum atomic E-state index is -4.73. The van der Waals surface area contributed by atoms with Crippen molar-refractivity contribution in [3.63, 3.8) is 0 Å². The molecule has 3 aliphatic heterocycles. The van der Waals surface area contributed by atoms with E-state index >= 15 is 0 Å². The number of carbonyl (C=O) groups is 3. The molecule has 2 aromatic rings. The molecule has 0 aromatic heterocycles. The van der Waals surface area contributed by atoms with Crippen molar-refractivity contribution >= 4 is 75.3 Å². The fourth-order valence-corrected chi connectivity index (χ4v) is 11.1. The Morgan fingerprint density at radius 3 is 1.77 bits per heavy atom. The van der Waals surface area contributed by atoms with Crippen LogP contribution >= 0.6 is 0 Å². The van der Waals surface area contributed by atoms with Gasteiger partial charge < -0.3 is 33.4 Å². The van der Waals surface area contributed by atoms with Crippen LogP contribution in [0.2, 0.25) is 0 Å². The van der Waals surface area contributed by atoms with Crippen molar-refractivity contribution in [2.75, 3.05) is 96.1 Å². The van der Waals surface area contributed by atoms with Gasteiger partial charge in [0.2, 0.25) is 5.69 Å². The normalized spacial score (nSPS) is 19.9. The lowest BCUT2D eigenvalue weighted by Gasteiger charge is -2.30. The van der Waals surface area contributed by atoms with E-state index in [1.165, 1.54) is 36.4 Å². The summed E-state index contributed by atoms with van der Waals surface area (Å²) >= 11 is 0. The van der Waals surface area contributed by atoms with Gasteiger partial charge in [-0.25, -0.2) is 4.79 Å². The molecule has 24 nitrogen and oxygen atoms in total. The van der Waals surface area contributed by atoms with Crippen molar-refractivity contribution in [1.82, 2.24) is 5.06 Å². The van der Waals surface area contributed by atoms with Crippen LogP contribution in [0.1, 0.15) is 69.9 Å². The number of hydrogen-bond acceptors (Lipinski definition) is 18. The Kier molecular flexibility index (Phi) is 21.6. The molecular weight excluding hydrogens is 1070 g/mol. The van der Waals surface area contributed by atoms with E-state index in [0.29, 0.717) is 65.4 Å². The molecule has 5 rings (SSSR count). The summed E-state index contributed by atoms with van der Waals surface area (Å²) in [6, 6.07) is 7.98. The van der Waals surface area contributed by atoms with Gasteiger partial charge in [-0.1, -0.05) is 18.2 Å². The summed E-state index contributed by atoms with van der Waals surface area (Å²) in [6.45, 7) is 5.71. The van der Waals surface area contributed by atoms with Gasteiger partial charge in [0.1, 0.15) is 6.61 Å². The minimum Gasteiger partial charge on any atom is -0.382 e. The lowest BCUT2D eigenvalue weighted by molar-refractivity contribution is -0.442. The zero-order valence-electron chi connectivity index (χ0n) is 41.7. The number of amides is 2.